The topological polar surface area (TPSA) is 90.7 Å². The zero-order valence-corrected chi connectivity index (χ0v) is 20.4. The summed E-state index contributed by atoms with van der Waals surface area (Å²) in [5, 5.41) is 17.1. The van der Waals surface area contributed by atoms with Gasteiger partial charge in [0.1, 0.15) is 5.75 Å². The Morgan fingerprint density at radius 1 is 0.943 bits per heavy atom. The van der Waals surface area contributed by atoms with Crippen LogP contribution in [0.4, 0.5) is 11.5 Å². The van der Waals surface area contributed by atoms with Crippen LogP contribution < -0.4 is 10.3 Å². The average Bonchev–Trinajstić information content (AvgIpc) is 3.37. The molecule has 1 aliphatic heterocycles. The molecule has 2 aromatic heterocycles. The van der Waals surface area contributed by atoms with Crippen molar-refractivity contribution >= 4 is 61.4 Å². The third-order valence-electron chi connectivity index (χ3n) is 5.58. The fourth-order valence-corrected chi connectivity index (χ4v) is 5.00. The number of rotatable bonds is 3. The molecule has 0 aliphatic carbocycles. The van der Waals surface area contributed by atoms with Gasteiger partial charge in [0, 0.05) is 15.4 Å². The summed E-state index contributed by atoms with van der Waals surface area (Å²) < 4.78 is 0.874. The lowest BCUT2D eigenvalue weighted by Gasteiger charge is -2.26. The summed E-state index contributed by atoms with van der Waals surface area (Å²) in [5.41, 5.74) is 5.20. The number of anilines is 2. The molecule has 1 aliphatic rings. The van der Waals surface area contributed by atoms with Crippen LogP contribution in [0.25, 0.3) is 21.6 Å². The van der Waals surface area contributed by atoms with Crippen LogP contribution in [-0.2, 0) is 0 Å². The van der Waals surface area contributed by atoms with Gasteiger partial charge in [-0.25, -0.2) is 15.4 Å². The predicted octanol–water partition coefficient (Wildman–Crippen LogP) is 6.07. The van der Waals surface area contributed by atoms with E-state index in [0.717, 1.165) is 20.3 Å². The predicted molar refractivity (Wildman–Crippen MR) is 141 cm³/mol. The van der Waals surface area contributed by atoms with E-state index >= 15 is 0 Å². The SMILES string of the molecule is O=C1NN=C(c2ccc(O)cc2)N(c2nc(-c3cccs3)nc3ccc(Br)cc23)c2ccccc21. The van der Waals surface area contributed by atoms with Crippen LogP contribution in [0.15, 0.2) is 93.8 Å². The minimum absolute atomic E-state index is 0.135. The van der Waals surface area contributed by atoms with Gasteiger partial charge in [0.05, 0.1) is 21.6 Å². The molecule has 7 nitrogen and oxygen atoms in total. The normalized spacial score (nSPS) is 13.2. The van der Waals surface area contributed by atoms with Gasteiger partial charge in [0.2, 0.25) is 0 Å². The first-order valence-electron chi connectivity index (χ1n) is 10.7. The van der Waals surface area contributed by atoms with Gasteiger partial charge in [-0.2, -0.15) is 5.10 Å². The number of phenolic OH excluding ortho intramolecular Hbond substituents is 1. The maximum absolute atomic E-state index is 13.0. The summed E-state index contributed by atoms with van der Waals surface area (Å²) in [4.78, 5) is 25.6. The standard InChI is InChI=1S/C26H16BrN5O2S/c27-16-9-12-20-19(14-16)25(29-23(28-20)22-6-3-13-35-22)32-21-5-2-1-4-18(21)26(34)31-30-24(32)15-7-10-17(33)11-8-15/h1-14,33H,(H,31,34). The molecule has 6 rings (SSSR count). The van der Waals surface area contributed by atoms with Crippen LogP contribution in [0, 0.1) is 0 Å². The van der Waals surface area contributed by atoms with Gasteiger partial charge in [-0.15, -0.1) is 11.3 Å². The lowest BCUT2D eigenvalue weighted by molar-refractivity contribution is 0.0956. The van der Waals surface area contributed by atoms with Crippen LogP contribution >= 0.6 is 27.3 Å². The van der Waals surface area contributed by atoms with Crippen LogP contribution in [0.2, 0.25) is 0 Å². The zero-order chi connectivity index (χ0) is 23.9. The van der Waals surface area contributed by atoms with Crippen molar-refractivity contribution in [2.75, 3.05) is 4.90 Å². The number of thiophene rings is 1. The first kappa shape index (κ1) is 21.5. The van der Waals surface area contributed by atoms with Gasteiger partial charge >= 0.3 is 0 Å². The monoisotopic (exact) mass is 541 g/mol. The van der Waals surface area contributed by atoms with Crippen molar-refractivity contribution in [2.24, 2.45) is 5.10 Å². The molecule has 0 saturated heterocycles. The van der Waals surface area contributed by atoms with Gasteiger partial charge in [-0.1, -0.05) is 34.1 Å². The molecule has 0 saturated carbocycles. The molecule has 3 aromatic carbocycles. The number of phenols is 1. The molecule has 2 N–H and O–H groups in total. The number of halogens is 1. The molecule has 0 fully saturated rings. The van der Waals surface area contributed by atoms with Crippen LogP contribution in [-0.4, -0.2) is 26.8 Å². The van der Waals surface area contributed by atoms with Crippen molar-refractivity contribution in [1.29, 1.82) is 0 Å². The smallest absolute Gasteiger partial charge is 0.273 e. The van der Waals surface area contributed by atoms with Crippen molar-refractivity contribution in [3.8, 4) is 16.5 Å². The first-order chi connectivity index (χ1) is 17.1. The Morgan fingerprint density at radius 3 is 2.57 bits per heavy atom. The van der Waals surface area contributed by atoms with Crippen LogP contribution in [0.5, 0.6) is 5.75 Å². The average molecular weight is 542 g/mol. The molecule has 3 heterocycles. The van der Waals surface area contributed by atoms with E-state index in [1.807, 2.05) is 58.8 Å². The Balaban J connectivity index is 1.69. The van der Waals surface area contributed by atoms with Gasteiger partial charge in [-0.05, 0) is 66.0 Å². The molecule has 9 heteroatoms. The maximum Gasteiger partial charge on any atom is 0.273 e. The molecule has 1 amide bonds. The Morgan fingerprint density at radius 2 is 1.77 bits per heavy atom. The molecular weight excluding hydrogens is 526 g/mol. The van der Waals surface area contributed by atoms with Crippen molar-refractivity contribution in [3.05, 3.63) is 99.8 Å². The van der Waals surface area contributed by atoms with E-state index in [1.165, 1.54) is 0 Å². The zero-order valence-electron chi connectivity index (χ0n) is 18.0. The number of fused-ring (bicyclic) bond motifs is 2. The van der Waals surface area contributed by atoms with Crippen LogP contribution in [0.1, 0.15) is 15.9 Å². The van der Waals surface area contributed by atoms with Crippen LogP contribution in [0.3, 0.4) is 0 Å². The lowest BCUT2D eigenvalue weighted by Crippen LogP contribution is -2.29. The number of amidine groups is 1. The second-order valence-corrected chi connectivity index (χ2v) is 9.65. The summed E-state index contributed by atoms with van der Waals surface area (Å²) >= 11 is 5.13. The van der Waals surface area contributed by atoms with E-state index < -0.39 is 0 Å². The largest absolute Gasteiger partial charge is 0.508 e. The van der Waals surface area contributed by atoms with E-state index in [1.54, 1.807) is 41.7 Å². The molecule has 0 spiro atoms. The number of aromatic hydroxyl groups is 1. The Hall–Kier alpha value is -4.08. The number of nitrogens with zero attached hydrogens (tertiary/aromatic N) is 4. The molecule has 170 valence electrons. The lowest BCUT2D eigenvalue weighted by atomic mass is 10.1. The minimum atomic E-state index is -0.322. The Bertz CT molecular complexity index is 1620. The molecule has 0 radical (unpaired) electrons. The molecule has 5 aromatic rings. The quantitative estimate of drug-likeness (QED) is 0.289. The number of aromatic nitrogens is 2. The summed E-state index contributed by atoms with van der Waals surface area (Å²) in [5.74, 6) is 1.43. The molecular formula is C26H16BrN5O2S. The highest BCUT2D eigenvalue weighted by Gasteiger charge is 2.29. The highest BCUT2D eigenvalue weighted by atomic mass is 79.9. The molecule has 0 unspecified atom stereocenters. The number of carbonyl (C=O) groups excluding carboxylic acids is 1. The van der Waals surface area contributed by atoms with Gasteiger partial charge in [0.25, 0.3) is 5.91 Å². The third-order valence-corrected chi connectivity index (χ3v) is 6.94. The Labute approximate surface area is 212 Å². The molecule has 35 heavy (non-hydrogen) atoms. The number of hydrogen-bond acceptors (Lipinski definition) is 7. The highest BCUT2D eigenvalue weighted by molar-refractivity contribution is 9.10. The number of hydrazone groups is 1. The van der Waals surface area contributed by atoms with E-state index in [0.29, 0.717) is 34.3 Å². The van der Waals surface area contributed by atoms with Gasteiger partial charge in [0.15, 0.2) is 17.5 Å². The fourth-order valence-electron chi connectivity index (χ4n) is 3.98. The fraction of sp³-hybridized carbons (Fsp3) is 0. The first-order valence-corrected chi connectivity index (χ1v) is 12.3. The number of amides is 1. The van der Waals surface area contributed by atoms with Crippen molar-refractivity contribution in [2.45, 2.75) is 0 Å². The van der Waals surface area contributed by atoms with E-state index in [-0.39, 0.29) is 11.7 Å². The summed E-state index contributed by atoms with van der Waals surface area (Å²) in [6.07, 6.45) is 0. The van der Waals surface area contributed by atoms with Gasteiger partial charge < -0.3 is 5.11 Å². The summed E-state index contributed by atoms with van der Waals surface area (Å²) in [6.45, 7) is 0. The number of nitrogens with one attached hydrogen (secondary N) is 1. The number of carbonyl (C=O) groups is 1. The summed E-state index contributed by atoms with van der Waals surface area (Å²) in [6, 6.07) is 23.8. The minimum Gasteiger partial charge on any atom is -0.508 e. The third kappa shape index (κ3) is 3.84. The molecule has 0 bridgehead atoms. The summed E-state index contributed by atoms with van der Waals surface area (Å²) in [7, 11) is 0. The Kier molecular flexibility index (Phi) is 5.28. The van der Waals surface area contributed by atoms with Crippen molar-refractivity contribution in [3.63, 3.8) is 0 Å². The van der Waals surface area contributed by atoms with E-state index in [2.05, 4.69) is 26.5 Å². The maximum atomic E-state index is 13.0. The molecule has 0 atom stereocenters. The van der Waals surface area contributed by atoms with Gasteiger partial charge in [-0.3, -0.25) is 9.69 Å². The second-order valence-electron chi connectivity index (χ2n) is 7.79. The number of benzene rings is 3. The highest BCUT2D eigenvalue weighted by Crippen LogP contribution is 2.38. The van der Waals surface area contributed by atoms with Crippen molar-refractivity contribution < 1.29 is 9.90 Å². The van der Waals surface area contributed by atoms with E-state index in [4.69, 9.17) is 9.97 Å². The van der Waals surface area contributed by atoms with Crippen molar-refractivity contribution in [1.82, 2.24) is 15.4 Å². The number of para-hydroxylation sites is 1. The van der Waals surface area contributed by atoms with E-state index in [9.17, 15) is 9.90 Å². The number of hydrogen-bond donors (Lipinski definition) is 2. The second kappa shape index (κ2) is 8.61.